The van der Waals surface area contributed by atoms with Crippen LogP contribution in [0.15, 0.2) is 30.5 Å². The molecule has 0 radical (unpaired) electrons. The Kier molecular flexibility index (Phi) is 5.29. The maximum Gasteiger partial charge on any atom is 0.229 e. The molecule has 7 heteroatoms. The van der Waals surface area contributed by atoms with Crippen LogP contribution in [-0.4, -0.2) is 56.9 Å². The summed E-state index contributed by atoms with van der Waals surface area (Å²) in [5.74, 6) is 1.62. The first-order valence-electron chi connectivity index (χ1n) is 11.2. The lowest BCUT2D eigenvalue weighted by atomic mass is 9.94. The summed E-state index contributed by atoms with van der Waals surface area (Å²) < 4.78 is 1.84. The van der Waals surface area contributed by atoms with E-state index < -0.39 is 0 Å². The highest BCUT2D eigenvalue weighted by Crippen LogP contribution is 2.29. The zero-order valence-electron chi connectivity index (χ0n) is 18.0. The first-order chi connectivity index (χ1) is 14.7. The highest BCUT2D eigenvalue weighted by molar-refractivity contribution is 5.89. The largest absolute Gasteiger partial charge is 0.339 e. The van der Waals surface area contributed by atoms with Crippen molar-refractivity contribution in [3.05, 3.63) is 36.0 Å². The van der Waals surface area contributed by atoms with Gasteiger partial charge in [-0.15, -0.1) is 0 Å². The van der Waals surface area contributed by atoms with Gasteiger partial charge in [-0.2, -0.15) is 15.1 Å². The fraction of sp³-hybridized carbons (Fsp3) is 0.522. The van der Waals surface area contributed by atoms with Crippen molar-refractivity contribution in [1.29, 1.82) is 0 Å². The van der Waals surface area contributed by atoms with Crippen molar-refractivity contribution >= 4 is 28.5 Å². The van der Waals surface area contributed by atoms with E-state index in [0.717, 1.165) is 60.7 Å². The average molecular weight is 406 g/mol. The van der Waals surface area contributed by atoms with Gasteiger partial charge in [-0.25, -0.2) is 0 Å². The molecule has 3 aromatic rings. The summed E-state index contributed by atoms with van der Waals surface area (Å²) in [4.78, 5) is 14.8. The van der Waals surface area contributed by atoms with Gasteiger partial charge >= 0.3 is 0 Å². The fourth-order valence-electron chi connectivity index (χ4n) is 4.82. The Labute approximate surface area is 178 Å². The van der Waals surface area contributed by atoms with Gasteiger partial charge in [0.1, 0.15) is 5.82 Å². The van der Waals surface area contributed by atoms with Crippen LogP contribution in [0.5, 0.6) is 0 Å². The number of nitrogens with zero attached hydrogens (tertiary/aromatic N) is 6. The van der Waals surface area contributed by atoms with Crippen LogP contribution < -0.4 is 10.2 Å². The Morgan fingerprint density at radius 2 is 1.73 bits per heavy atom. The minimum absolute atomic E-state index is 0.777. The van der Waals surface area contributed by atoms with Gasteiger partial charge < -0.3 is 10.2 Å². The van der Waals surface area contributed by atoms with Crippen LogP contribution in [0.4, 0.5) is 17.5 Å². The molecular formula is C23H31N7. The summed E-state index contributed by atoms with van der Waals surface area (Å²) in [7, 11) is 1.94. The Bertz CT molecular complexity index is 1010. The maximum atomic E-state index is 4.94. The molecular weight excluding hydrogens is 374 g/mol. The van der Waals surface area contributed by atoms with Crippen molar-refractivity contribution in [2.75, 3.05) is 36.4 Å². The second-order valence-electron chi connectivity index (χ2n) is 8.63. The first kappa shape index (κ1) is 19.3. The zero-order valence-corrected chi connectivity index (χ0v) is 18.0. The van der Waals surface area contributed by atoms with Gasteiger partial charge in [-0.05, 0) is 31.4 Å². The molecule has 5 rings (SSSR count). The summed E-state index contributed by atoms with van der Waals surface area (Å²) in [6.07, 6.45) is 8.76. The highest BCUT2D eigenvalue weighted by Gasteiger charge is 2.27. The number of para-hydroxylation sites is 1. The van der Waals surface area contributed by atoms with E-state index in [1.54, 1.807) is 0 Å². The molecule has 1 saturated carbocycles. The SMILES string of the molecule is Cc1ccccc1Nc1nc(N2CCN(C3CCCCC3)CC2)nc2c1cnn2C. The van der Waals surface area contributed by atoms with E-state index in [9.17, 15) is 0 Å². The topological polar surface area (TPSA) is 62.1 Å². The smallest absolute Gasteiger partial charge is 0.229 e. The minimum Gasteiger partial charge on any atom is -0.339 e. The quantitative estimate of drug-likeness (QED) is 0.711. The third-order valence-electron chi connectivity index (χ3n) is 6.67. The fourth-order valence-corrected chi connectivity index (χ4v) is 4.82. The minimum atomic E-state index is 0.777. The van der Waals surface area contributed by atoms with Crippen molar-refractivity contribution in [2.45, 2.75) is 45.1 Å². The summed E-state index contributed by atoms with van der Waals surface area (Å²) in [5, 5.41) is 8.90. The molecule has 1 N–H and O–H groups in total. The van der Waals surface area contributed by atoms with E-state index >= 15 is 0 Å². The third-order valence-corrected chi connectivity index (χ3v) is 6.67. The molecule has 0 amide bonds. The number of nitrogens with one attached hydrogen (secondary N) is 1. The number of hydrogen-bond acceptors (Lipinski definition) is 6. The van der Waals surface area contributed by atoms with Crippen molar-refractivity contribution in [1.82, 2.24) is 24.6 Å². The molecule has 1 aliphatic heterocycles. The van der Waals surface area contributed by atoms with Gasteiger partial charge in [-0.1, -0.05) is 37.5 Å². The summed E-state index contributed by atoms with van der Waals surface area (Å²) >= 11 is 0. The number of aromatic nitrogens is 4. The molecule has 2 aromatic heterocycles. The lowest BCUT2D eigenvalue weighted by Gasteiger charge is -2.40. The van der Waals surface area contributed by atoms with E-state index in [1.807, 2.05) is 24.0 Å². The van der Waals surface area contributed by atoms with Gasteiger partial charge in [0.15, 0.2) is 5.65 Å². The Balaban J connectivity index is 1.39. The van der Waals surface area contributed by atoms with Crippen molar-refractivity contribution in [3.63, 3.8) is 0 Å². The molecule has 0 atom stereocenters. The Morgan fingerprint density at radius 3 is 2.50 bits per heavy atom. The highest BCUT2D eigenvalue weighted by atomic mass is 15.4. The van der Waals surface area contributed by atoms with Gasteiger partial charge in [0.2, 0.25) is 5.95 Å². The van der Waals surface area contributed by atoms with E-state index in [-0.39, 0.29) is 0 Å². The molecule has 0 unspecified atom stereocenters. The van der Waals surface area contributed by atoms with Crippen molar-refractivity contribution in [2.24, 2.45) is 7.05 Å². The molecule has 1 aromatic carbocycles. The van der Waals surface area contributed by atoms with Crippen LogP contribution in [0.3, 0.4) is 0 Å². The molecule has 30 heavy (non-hydrogen) atoms. The normalized spacial score (nSPS) is 18.8. The van der Waals surface area contributed by atoms with Gasteiger partial charge in [0.05, 0.1) is 11.6 Å². The predicted octanol–water partition coefficient (Wildman–Crippen LogP) is 3.87. The summed E-state index contributed by atoms with van der Waals surface area (Å²) in [5.41, 5.74) is 3.12. The lowest BCUT2D eigenvalue weighted by molar-refractivity contribution is 0.147. The Hall–Kier alpha value is -2.67. The average Bonchev–Trinajstić information content (AvgIpc) is 3.17. The number of rotatable bonds is 4. The molecule has 1 aliphatic carbocycles. The van der Waals surface area contributed by atoms with E-state index in [2.05, 4.69) is 45.3 Å². The van der Waals surface area contributed by atoms with E-state index in [1.165, 1.54) is 37.7 Å². The van der Waals surface area contributed by atoms with E-state index in [4.69, 9.17) is 9.97 Å². The summed E-state index contributed by atoms with van der Waals surface area (Å²) in [6, 6.07) is 9.07. The first-order valence-corrected chi connectivity index (χ1v) is 11.2. The van der Waals surface area contributed by atoms with Crippen LogP contribution >= 0.6 is 0 Å². The van der Waals surface area contributed by atoms with Crippen molar-refractivity contribution in [3.8, 4) is 0 Å². The molecule has 7 nitrogen and oxygen atoms in total. The van der Waals surface area contributed by atoms with Crippen molar-refractivity contribution < 1.29 is 0 Å². The summed E-state index contributed by atoms with van der Waals surface area (Å²) in [6.45, 7) is 6.25. The maximum absolute atomic E-state index is 4.94. The number of anilines is 3. The van der Waals surface area contributed by atoms with E-state index in [0.29, 0.717) is 0 Å². The van der Waals surface area contributed by atoms with Crippen LogP contribution in [0.1, 0.15) is 37.7 Å². The molecule has 0 bridgehead atoms. The van der Waals surface area contributed by atoms with Crippen LogP contribution in [-0.2, 0) is 7.05 Å². The molecule has 0 spiro atoms. The number of benzene rings is 1. The Morgan fingerprint density at radius 1 is 0.967 bits per heavy atom. The van der Waals surface area contributed by atoms with Crippen LogP contribution in [0.25, 0.3) is 11.0 Å². The molecule has 1 saturated heterocycles. The third kappa shape index (κ3) is 3.74. The molecule has 3 heterocycles. The van der Waals surface area contributed by atoms with Crippen LogP contribution in [0, 0.1) is 6.92 Å². The number of piperazine rings is 1. The number of fused-ring (bicyclic) bond motifs is 1. The lowest BCUT2D eigenvalue weighted by Crippen LogP contribution is -2.51. The molecule has 2 aliphatic rings. The molecule has 158 valence electrons. The standard InChI is InChI=1S/C23H31N7/c1-17-8-6-7-11-20(17)25-21-19-16-24-28(2)22(19)27-23(26-21)30-14-12-29(13-15-30)18-9-4-3-5-10-18/h6-8,11,16,18H,3-5,9-10,12-15H2,1-2H3,(H,25,26,27). The second kappa shape index (κ2) is 8.22. The monoisotopic (exact) mass is 405 g/mol. The van der Waals surface area contributed by atoms with Gasteiger partial charge in [0.25, 0.3) is 0 Å². The predicted molar refractivity (Wildman–Crippen MR) is 121 cm³/mol. The van der Waals surface area contributed by atoms with Gasteiger partial charge in [-0.3, -0.25) is 9.58 Å². The molecule has 2 fully saturated rings. The van der Waals surface area contributed by atoms with Gasteiger partial charge in [0, 0.05) is 45.0 Å². The number of aryl methyl sites for hydroxylation is 2. The van der Waals surface area contributed by atoms with Crippen LogP contribution in [0.2, 0.25) is 0 Å². The number of hydrogen-bond donors (Lipinski definition) is 1. The second-order valence-corrected chi connectivity index (χ2v) is 8.63. The zero-order chi connectivity index (χ0) is 20.5.